The minimum Gasteiger partial charge on any atom is -0.462 e. The number of aryl methyl sites for hydroxylation is 1. The van der Waals surface area contributed by atoms with Gasteiger partial charge in [0.05, 0.1) is 23.5 Å². The van der Waals surface area contributed by atoms with E-state index >= 15 is 0 Å². The normalized spacial score (nSPS) is 14.2. The van der Waals surface area contributed by atoms with Crippen LogP contribution in [0.4, 0.5) is 11.4 Å². The second-order valence-corrected chi connectivity index (χ2v) is 7.37. The van der Waals surface area contributed by atoms with Gasteiger partial charge in [-0.15, -0.1) is 0 Å². The number of nitrogens with one attached hydrogen (secondary N) is 1. The fraction of sp³-hybridized carbons (Fsp3) is 0.286. The van der Waals surface area contributed by atoms with Gasteiger partial charge in [-0.1, -0.05) is 35.7 Å². The van der Waals surface area contributed by atoms with Gasteiger partial charge in [0, 0.05) is 10.0 Å². The quantitative estimate of drug-likeness (QED) is 0.509. The van der Waals surface area contributed by atoms with E-state index in [4.69, 9.17) is 4.74 Å². The minimum absolute atomic E-state index is 0.231. The van der Waals surface area contributed by atoms with E-state index in [2.05, 4.69) is 33.2 Å². The number of unbranched alkanes of at least 4 members (excludes halogenated alkanes) is 2. The van der Waals surface area contributed by atoms with Crippen molar-refractivity contribution >= 4 is 44.9 Å². The SMILES string of the molecule is CCCCCOC(=O)c1ccc(N=C2C(=O)Nc3c(C)cc(Br)cc32)cc1. The second-order valence-electron chi connectivity index (χ2n) is 6.45. The van der Waals surface area contributed by atoms with Gasteiger partial charge in [0.15, 0.2) is 0 Å². The van der Waals surface area contributed by atoms with Crippen LogP contribution in [0.25, 0.3) is 0 Å². The summed E-state index contributed by atoms with van der Waals surface area (Å²) in [6.07, 6.45) is 3.00. The van der Waals surface area contributed by atoms with E-state index < -0.39 is 0 Å². The number of benzene rings is 2. The molecular formula is C21H21BrN2O3. The lowest BCUT2D eigenvalue weighted by atomic mass is 10.1. The summed E-state index contributed by atoms with van der Waals surface area (Å²) in [6.45, 7) is 4.47. The number of nitrogens with zero attached hydrogens (tertiary/aromatic N) is 1. The lowest BCUT2D eigenvalue weighted by Gasteiger charge is -2.05. The Labute approximate surface area is 167 Å². The maximum atomic E-state index is 12.3. The summed E-state index contributed by atoms with van der Waals surface area (Å²) < 4.78 is 6.14. The van der Waals surface area contributed by atoms with E-state index in [9.17, 15) is 9.59 Å². The minimum atomic E-state index is -0.339. The molecule has 1 aliphatic heterocycles. The van der Waals surface area contributed by atoms with Crippen molar-refractivity contribution in [1.82, 2.24) is 0 Å². The maximum absolute atomic E-state index is 12.3. The molecule has 1 amide bonds. The number of amides is 1. The lowest BCUT2D eigenvalue weighted by Crippen LogP contribution is -2.14. The third kappa shape index (κ3) is 4.45. The largest absolute Gasteiger partial charge is 0.462 e. The number of ether oxygens (including phenoxy) is 1. The van der Waals surface area contributed by atoms with Gasteiger partial charge in [-0.2, -0.15) is 0 Å². The Kier molecular flexibility index (Phi) is 6.06. The molecule has 3 rings (SSSR count). The van der Waals surface area contributed by atoms with E-state index in [0.29, 0.717) is 23.6 Å². The first kappa shape index (κ1) is 19.3. The molecule has 0 atom stereocenters. The highest BCUT2D eigenvalue weighted by atomic mass is 79.9. The number of halogens is 1. The third-order valence-corrected chi connectivity index (χ3v) is 4.79. The van der Waals surface area contributed by atoms with E-state index in [1.165, 1.54) is 0 Å². The summed E-state index contributed by atoms with van der Waals surface area (Å²) in [7, 11) is 0. The number of hydrogen-bond donors (Lipinski definition) is 1. The van der Waals surface area contributed by atoms with E-state index in [0.717, 1.165) is 40.5 Å². The summed E-state index contributed by atoms with van der Waals surface area (Å²) in [6, 6.07) is 10.6. The molecule has 1 N–H and O–H groups in total. The Morgan fingerprint density at radius 1 is 1.19 bits per heavy atom. The zero-order valence-electron chi connectivity index (χ0n) is 15.3. The van der Waals surface area contributed by atoms with Crippen molar-refractivity contribution in [2.45, 2.75) is 33.1 Å². The average Bonchev–Trinajstić information content (AvgIpc) is 2.95. The predicted molar refractivity (Wildman–Crippen MR) is 110 cm³/mol. The zero-order chi connectivity index (χ0) is 19.4. The summed E-state index contributed by atoms with van der Waals surface area (Å²) in [5.74, 6) is -0.570. The van der Waals surface area contributed by atoms with Gasteiger partial charge in [-0.3, -0.25) is 4.79 Å². The highest BCUT2D eigenvalue weighted by molar-refractivity contribution is 9.10. The van der Waals surface area contributed by atoms with Crippen molar-refractivity contribution in [1.29, 1.82) is 0 Å². The van der Waals surface area contributed by atoms with Crippen molar-refractivity contribution in [3.8, 4) is 0 Å². The number of carbonyl (C=O) groups excluding carboxylic acids is 2. The van der Waals surface area contributed by atoms with E-state index in [1.54, 1.807) is 24.3 Å². The molecule has 6 heteroatoms. The van der Waals surface area contributed by atoms with Crippen LogP contribution in [-0.2, 0) is 9.53 Å². The monoisotopic (exact) mass is 428 g/mol. The van der Waals surface area contributed by atoms with Crippen LogP contribution in [0.15, 0.2) is 45.9 Å². The standard InChI is InChI=1S/C21H21BrN2O3/c1-3-4-5-10-27-21(26)14-6-8-16(9-7-14)23-19-17-12-15(22)11-13(2)18(17)24-20(19)25/h6-9,11-12H,3-5,10H2,1-2H3,(H,23,24,25). The molecule has 0 unspecified atom stereocenters. The van der Waals surface area contributed by atoms with E-state index in [-0.39, 0.29) is 11.9 Å². The van der Waals surface area contributed by atoms with Crippen LogP contribution in [0, 0.1) is 6.92 Å². The summed E-state index contributed by atoms with van der Waals surface area (Å²) in [5.41, 5.74) is 3.97. The molecule has 5 nitrogen and oxygen atoms in total. The Hall–Kier alpha value is -2.47. The van der Waals surface area contributed by atoms with Gasteiger partial charge in [-0.05, 0) is 55.3 Å². The molecular weight excluding hydrogens is 408 g/mol. The smallest absolute Gasteiger partial charge is 0.338 e. The first-order chi connectivity index (χ1) is 13.0. The van der Waals surface area contributed by atoms with Crippen LogP contribution in [-0.4, -0.2) is 24.2 Å². The molecule has 0 aromatic heterocycles. The number of esters is 1. The molecule has 0 spiro atoms. The van der Waals surface area contributed by atoms with Crippen LogP contribution >= 0.6 is 15.9 Å². The fourth-order valence-corrected chi connectivity index (χ4v) is 3.48. The number of hydrogen-bond acceptors (Lipinski definition) is 4. The fourth-order valence-electron chi connectivity index (χ4n) is 2.90. The molecule has 2 aromatic carbocycles. The van der Waals surface area contributed by atoms with Crippen LogP contribution in [0.2, 0.25) is 0 Å². The van der Waals surface area contributed by atoms with Crippen molar-refractivity contribution in [3.63, 3.8) is 0 Å². The van der Waals surface area contributed by atoms with Gasteiger partial charge in [0.25, 0.3) is 5.91 Å². The Bertz CT molecular complexity index is 904. The summed E-state index contributed by atoms with van der Waals surface area (Å²) >= 11 is 3.46. The number of aliphatic imine (C=N–C) groups is 1. The molecule has 0 aliphatic carbocycles. The predicted octanol–water partition coefficient (Wildman–Crippen LogP) is 5.18. The zero-order valence-corrected chi connectivity index (χ0v) is 16.9. The summed E-state index contributed by atoms with van der Waals surface area (Å²) in [4.78, 5) is 28.8. The van der Waals surface area contributed by atoms with Crippen molar-refractivity contribution in [3.05, 3.63) is 57.6 Å². The first-order valence-corrected chi connectivity index (χ1v) is 9.76. The van der Waals surface area contributed by atoms with Crippen LogP contribution < -0.4 is 5.32 Å². The maximum Gasteiger partial charge on any atom is 0.338 e. The average molecular weight is 429 g/mol. The van der Waals surface area contributed by atoms with E-state index in [1.807, 2.05) is 19.1 Å². The molecule has 0 saturated heterocycles. The molecule has 0 radical (unpaired) electrons. The number of rotatable bonds is 6. The Morgan fingerprint density at radius 3 is 2.63 bits per heavy atom. The number of carbonyl (C=O) groups is 2. The van der Waals surface area contributed by atoms with Gasteiger partial charge in [-0.25, -0.2) is 9.79 Å². The van der Waals surface area contributed by atoms with Crippen LogP contribution in [0.1, 0.15) is 47.7 Å². The molecule has 2 aromatic rings. The molecule has 1 aliphatic rings. The van der Waals surface area contributed by atoms with Gasteiger partial charge in [0.2, 0.25) is 0 Å². The van der Waals surface area contributed by atoms with Crippen molar-refractivity contribution in [2.75, 3.05) is 11.9 Å². The summed E-state index contributed by atoms with van der Waals surface area (Å²) in [5, 5.41) is 2.86. The highest BCUT2D eigenvalue weighted by Gasteiger charge is 2.27. The molecule has 0 fully saturated rings. The van der Waals surface area contributed by atoms with Crippen LogP contribution in [0.3, 0.4) is 0 Å². The van der Waals surface area contributed by atoms with Gasteiger partial charge >= 0.3 is 5.97 Å². The number of fused-ring (bicyclic) bond motifs is 1. The second kappa shape index (κ2) is 8.48. The number of anilines is 1. The Morgan fingerprint density at radius 2 is 1.93 bits per heavy atom. The third-order valence-electron chi connectivity index (χ3n) is 4.33. The molecule has 27 heavy (non-hydrogen) atoms. The molecule has 0 saturated carbocycles. The Balaban J connectivity index is 1.77. The van der Waals surface area contributed by atoms with Crippen LogP contribution in [0.5, 0.6) is 0 Å². The highest BCUT2D eigenvalue weighted by Crippen LogP contribution is 2.32. The molecule has 140 valence electrons. The lowest BCUT2D eigenvalue weighted by molar-refractivity contribution is -0.110. The topological polar surface area (TPSA) is 67.8 Å². The van der Waals surface area contributed by atoms with Crippen molar-refractivity contribution in [2.24, 2.45) is 4.99 Å². The molecule has 1 heterocycles. The van der Waals surface area contributed by atoms with Crippen molar-refractivity contribution < 1.29 is 14.3 Å². The molecule has 0 bridgehead atoms. The van der Waals surface area contributed by atoms with Gasteiger partial charge in [0.1, 0.15) is 5.71 Å². The first-order valence-electron chi connectivity index (χ1n) is 8.97. The van der Waals surface area contributed by atoms with Gasteiger partial charge < -0.3 is 10.1 Å².